The average Bonchev–Trinajstić information content (AvgIpc) is 3.68. The first-order valence-corrected chi connectivity index (χ1v) is 14.1. The maximum Gasteiger partial charge on any atom is 0.291 e. The number of rotatable bonds is 10. The van der Waals surface area contributed by atoms with Gasteiger partial charge in [0.1, 0.15) is 33.5 Å². The van der Waals surface area contributed by atoms with Crippen LogP contribution in [0.2, 0.25) is 0 Å². The van der Waals surface area contributed by atoms with Crippen molar-refractivity contribution in [1.82, 2.24) is 14.8 Å². The summed E-state index contributed by atoms with van der Waals surface area (Å²) >= 11 is 0.830. The van der Waals surface area contributed by atoms with Crippen LogP contribution in [-0.2, 0) is 13.2 Å². The zero-order valence-corrected chi connectivity index (χ0v) is 24.2. The van der Waals surface area contributed by atoms with E-state index in [1.807, 2.05) is 31.2 Å². The number of carbonyl (C=O) groups is 2. The van der Waals surface area contributed by atoms with Gasteiger partial charge in [0.15, 0.2) is 5.76 Å². The van der Waals surface area contributed by atoms with Gasteiger partial charge in [0.05, 0.1) is 11.4 Å². The molecule has 5 rings (SSSR count). The second kappa shape index (κ2) is 11.7. The predicted octanol–water partition coefficient (Wildman–Crippen LogP) is 7.07. The number of benzene rings is 1. The van der Waals surface area contributed by atoms with Crippen molar-refractivity contribution in [3.05, 3.63) is 82.0 Å². The number of nitrogens with zero attached hydrogens (tertiary/aromatic N) is 3. The van der Waals surface area contributed by atoms with Crippen molar-refractivity contribution < 1.29 is 27.5 Å². The van der Waals surface area contributed by atoms with Crippen molar-refractivity contribution in [3.8, 4) is 16.9 Å². The molecule has 0 aliphatic rings. The number of nitrogens with one attached hydrogen (secondary N) is 1. The molecule has 4 aromatic heterocycles. The van der Waals surface area contributed by atoms with Crippen LogP contribution in [0.1, 0.15) is 76.1 Å². The van der Waals surface area contributed by atoms with Crippen LogP contribution in [0.5, 0.6) is 5.75 Å². The van der Waals surface area contributed by atoms with Crippen molar-refractivity contribution in [2.24, 2.45) is 5.73 Å². The molecule has 0 aliphatic heterocycles. The van der Waals surface area contributed by atoms with Crippen LogP contribution in [0.25, 0.3) is 21.3 Å². The number of amides is 2. The highest BCUT2D eigenvalue weighted by Crippen LogP contribution is 2.43. The van der Waals surface area contributed by atoms with E-state index in [9.17, 15) is 18.4 Å². The molecule has 9 nitrogen and oxygen atoms in total. The first kappa shape index (κ1) is 28.9. The molecule has 42 heavy (non-hydrogen) atoms. The fourth-order valence-electron chi connectivity index (χ4n) is 4.53. The van der Waals surface area contributed by atoms with E-state index >= 15 is 0 Å². The van der Waals surface area contributed by atoms with Crippen molar-refractivity contribution in [1.29, 1.82) is 0 Å². The lowest BCUT2D eigenvalue weighted by atomic mass is 10.0. The Morgan fingerprint density at radius 1 is 1.14 bits per heavy atom. The van der Waals surface area contributed by atoms with Gasteiger partial charge in [-0.15, -0.1) is 11.3 Å². The highest BCUT2D eigenvalue weighted by Gasteiger charge is 2.27. The largest absolute Gasteiger partial charge is 0.486 e. The number of carbonyl (C=O) groups excluding carboxylic acids is 2. The summed E-state index contributed by atoms with van der Waals surface area (Å²) in [4.78, 5) is 29.9. The third-order valence-electron chi connectivity index (χ3n) is 6.74. The number of primary amides is 1. The van der Waals surface area contributed by atoms with Crippen LogP contribution < -0.4 is 15.8 Å². The minimum atomic E-state index is -2.86. The fourth-order valence-corrected chi connectivity index (χ4v) is 5.55. The van der Waals surface area contributed by atoms with E-state index in [0.717, 1.165) is 11.3 Å². The van der Waals surface area contributed by atoms with E-state index in [4.69, 9.17) is 14.9 Å². The van der Waals surface area contributed by atoms with E-state index in [1.165, 1.54) is 17.7 Å². The Balaban J connectivity index is 1.47. The summed E-state index contributed by atoms with van der Waals surface area (Å²) in [7, 11) is 0. The van der Waals surface area contributed by atoms with Crippen LogP contribution in [0, 0.1) is 6.92 Å². The number of anilines is 1. The minimum absolute atomic E-state index is 0.0287. The number of furan rings is 1. The van der Waals surface area contributed by atoms with Gasteiger partial charge in [-0.25, -0.2) is 13.8 Å². The Morgan fingerprint density at radius 2 is 1.88 bits per heavy atom. The zero-order valence-electron chi connectivity index (χ0n) is 23.4. The van der Waals surface area contributed by atoms with Gasteiger partial charge in [-0.05, 0) is 61.2 Å². The molecule has 3 N–H and O–H groups in total. The number of fused-ring (bicyclic) bond motifs is 1. The number of thiophene rings is 1. The lowest BCUT2D eigenvalue weighted by Gasteiger charge is -2.10. The van der Waals surface area contributed by atoms with Crippen molar-refractivity contribution in [2.45, 2.75) is 53.2 Å². The second-order valence-corrected chi connectivity index (χ2v) is 11.0. The number of halogens is 2. The average molecular weight is 594 g/mol. The molecule has 0 unspecified atom stereocenters. The Kier molecular flexibility index (Phi) is 8.08. The van der Waals surface area contributed by atoms with Gasteiger partial charge >= 0.3 is 0 Å². The van der Waals surface area contributed by atoms with E-state index in [-0.39, 0.29) is 27.8 Å². The molecule has 0 bridgehead atoms. The van der Waals surface area contributed by atoms with E-state index in [1.54, 1.807) is 23.9 Å². The van der Waals surface area contributed by atoms with Crippen LogP contribution in [0.4, 0.5) is 14.5 Å². The smallest absolute Gasteiger partial charge is 0.291 e. The molecule has 218 valence electrons. The van der Waals surface area contributed by atoms with Gasteiger partial charge in [0, 0.05) is 23.7 Å². The molecule has 0 saturated carbocycles. The minimum Gasteiger partial charge on any atom is -0.486 e. The number of hydrogen-bond donors (Lipinski definition) is 2. The molecule has 0 spiro atoms. The Morgan fingerprint density at radius 3 is 2.50 bits per heavy atom. The maximum atomic E-state index is 13.8. The first-order chi connectivity index (χ1) is 20.0. The van der Waals surface area contributed by atoms with Gasteiger partial charge in [0.25, 0.3) is 18.2 Å². The predicted molar refractivity (Wildman–Crippen MR) is 156 cm³/mol. The summed E-state index contributed by atoms with van der Waals surface area (Å²) in [6, 6.07) is 12.1. The van der Waals surface area contributed by atoms with Crippen LogP contribution >= 0.6 is 11.3 Å². The number of aromatic nitrogens is 3. The molecule has 4 heterocycles. The summed E-state index contributed by atoms with van der Waals surface area (Å²) in [5, 5.41) is 7.45. The topological polar surface area (TPSA) is 125 Å². The lowest BCUT2D eigenvalue weighted by Crippen LogP contribution is -2.16. The fraction of sp³-hybridized carbons (Fsp3) is 0.267. The highest BCUT2D eigenvalue weighted by atomic mass is 32.1. The SMILES string of the molecule is CCn1cc(-c2cc(C(F)F)nc3sc(C(N)=O)c(NC(=O)c4ccc(COc5ccc(C(C)C)cc5)o4)c23)c(C)n1. The van der Waals surface area contributed by atoms with E-state index in [2.05, 4.69) is 29.2 Å². The number of pyridine rings is 1. The molecule has 5 aromatic rings. The van der Waals surface area contributed by atoms with Crippen molar-refractivity contribution in [2.75, 3.05) is 5.32 Å². The standard InChI is InChI=1S/C30H29F2N5O4S/c1-5-37-13-21(16(4)36-37)20-12-22(27(31)32)34-30-24(20)25(26(42-30)28(33)38)35-29(39)23-11-10-19(41-23)14-40-18-8-6-17(7-9-18)15(2)3/h6-13,15,27H,5,14H2,1-4H3,(H2,33,38)(H,35,39). The lowest BCUT2D eigenvalue weighted by molar-refractivity contribution is 0.0992. The first-order valence-electron chi connectivity index (χ1n) is 13.3. The molecule has 2 amide bonds. The number of aryl methyl sites for hydroxylation is 2. The maximum absolute atomic E-state index is 13.8. The third kappa shape index (κ3) is 5.75. The van der Waals surface area contributed by atoms with Crippen LogP contribution in [0.3, 0.4) is 0 Å². The van der Waals surface area contributed by atoms with Crippen LogP contribution in [0.15, 0.2) is 53.1 Å². The Labute approximate surface area is 244 Å². The zero-order chi connectivity index (χ0) is 30.1. The Bertz CT molecular complexity index is 1770. The molecule has 0 saturated heterocycles. The molecular formula is C30H29F2N5O4S. The van der Waals surface area contributed by atoms with Crippen molar-refractivity contribution in [3.63, 3.8) is 0 Å². The van der Waals surface area contributed by atoms with Gasteiger partial charge in [-0.1, -0.05) is 26.0 Å². The quantitative estimate of drug-likeness (QED) is 0.178. The number of nitrogens with two attached hydrogens (primary N) is 1. The summed E-state index contributed by atoms with van der Waals surface area (Å²) in [5.41, 5.74) is 7.94. The van der Waals surface area contributed by atoms with Gasteiger partial charge in [-0.3, -0.25) is 14.3 Å². The van der Waals surface area contributed by atoms with E-state index < -0.39 is 23.9 Å². The van der Waals surface area contributed by atoms with Crippen molar-refractivity contribution >= 4 is 39.1 Å². The molecule has 0 radical (unpaired) electrons. The molecule has 0 fully saturated rings. The summed E-state index contributed by atoms with van der Waals surface area (Å²) < 4.78 is 40.8. The molecule has 0 aliphatic carbocycles. The molecule has 0 atom stereocenters. The number of ether oxygens (including phenoxy) is 1. The van der Waals surface area contributed by atoms with Gasteiger partial charge in [0.2, 0.25) is 0 Å². The molecule has 12 heteroatoms. The summed E-state index contributed by atoms with van der Waals surface area (Å²) in [6.45, 7) is 8.51. The van der Waals surface area contributed by atoms with Crippen LogP contribution in [-0.4, -0.2) is 26.6 Å². The van der Waals surface area contributed by atoms with Gasteiger partial charge < -0.3 is 20.2 Å². The second-order valence-electron chi connectivity index (χ2n) is 9.96. The number of hydrogen-bond acceptors (Lipinski definition) is 7. The number of alkyl halides is 2. The monoisotopic (exact) mass is 593 g/mol. The summed E-state index contributed by atoms with van der Waals surface area (Å²) in [6.07, 6.45) is -1.13. The third-order valence-corrected chi connectivity index (χ3v) is 7.84. The van der Waals surface area contributed by atoms with E-state index in [0.29, 0.717) is 46.2 Å². The van der Waals surface area contributed by atoms with Gasteiger partial charge in [-0.2, -0.15) is 5.10 Å². The normalized spacial score (nSPS) is 11.5. The molecule has 1 aromatic carbocycles. The Hall–Kier alpha value is -4.58. The highest BCUT2D eigenvalue weighted by molar-refractivity contribution is 7.21. The molecular weight excluding hydrogens is 564 g/mol. The summed E-state index contributed by atoms with van der Waals surface area (Å²) in [5.74, 6) is -0.0676.